The van der Waals surface area contributed by atoms with E-state index in [4.69, 9.17) is 10.3 Å². The van der Waals surface area contributed by atoms with Crippen molar-refractivity contribution in [3.63, 3.8) is 0 Å². The normalized spacial score (nSPS) is 18.0. The molecule has 3 aromatic rings. The summed E-state index contributed by atoms with van der Waals surface area (Å²) in [6, 6.07) is 8.23. The van der Waals surface area contributed by atoms with Crippen molar-refractivity contribution in [1.82, 2.24) is 19.6 Å². The summed E-state index contributed by atoms with van der Waals surface area (Å²) in [5, 5.41) is 5.32. The molecule has 7 heteroatoms. The second-order valence-electron chi connectivity index (χ2n) is 8.35. The lowest BCUT2D eigenvalue weighted by Crippen LogP contribution is -2.34. The maximum Gasteiger partial charge on any atom is 0.237 e. The average molecular weight is 396 g/mol. The number of hydrogen-bond donors (Lipinski definition) is 1. The van der Waals surface area contributed by atoms with Crippen LogP contribution in [0.2, 0.25) is 0 Å². The zero-order chi connectivity index (χ0) is 20.5. The summed E-state index contributed by atoms with van der Waals surface area (Å²) in [5.41, 5.74) is 8.91. The monoisotopic (exact) mass is 395 g/mol. The highest BCUT2D eigenvalue weighted by molar-refractivity contribution is 5.87. The summed E-state index contributed by atoms with van der Waals surface area (Å²) in [4.78, 5) is 18.7. The fourth-order valence-corrected chi connectivity index (χ4v) is 4.33. The molecule has 1 aliphatic rings. The van der Waals surface area contributed by atoms with E-state index in [0.717, 1.165) is 55.4 Å². The number of hydrogen-bond acceptors (Lipinski definition) is 5. The number of aromatic nitrogens is 3. The molecule has 0 saturated carbocycles. The van der Waals surface area contributed by atoms with Gasteiger partial charge in [0, 0.05) is 35.6 Å². The van der Waals surface area contributed by atoms with Crippen LogP contribution in [0.25, 0.3) is 10.9 Å². The number of amides is 1. The fourth-order valence-electron chi connectivity index (χ4n) is 4.33. The lowest BCUT2D eigenvalue weighted by atomic mass is 9.97. The average Bonchev–Trinajstić information content (AvgIpc) is 3.29. The van der Waals surface area contributed by atoms with Gasteiger partial charge in [-0.2, -0.15) is 4.98 Å². The molecule has 4 rings (SSSR count). The third-order valence-electron chi connectivity index (χ3n) is 5.89. The highest BCUT2D eigenvalue weighted by atomic mass is 16.5. The zero-order valence-electron chi connectivity index (χ0n) is 17.4. The largest absolute Gasteiger partial charge is 0.368 e. The van der Waals surface area contributed by atoms with Gasteiger partial charge >= 0.3 is 0 Å². The molecule has 0 unspecified atom stereocenters. The van der Waals surface area contributed by atoms with Crippen molar-refractivity contribution in [3.05, 3.63) is 47.2 Å². The number of rotatable bonds is 6. The van der Waals surface area contributed by atoms with Gasteiger partial charge in [-0.15, -0.1) is 0 Å². The first kappa shape index (κ1) is 19.6. The van der Waals surface area contributed by atoms with Crippen molar-refractivity contribution in [2.75, 3.05) is 13.1 Å². The lowest BCUT2D eigenvalue weighted by molar-refractivity contribution is -0.118. The summed E-state index contributed by atoms with van der Waals surface area (Å²) in [5.74, 6) is 1.75. The van der Waals surface area contributed by atoms with Crippen molar-refractivity contribution in [1.29, 1.82) is 0 Å². The fraction of sp³-hybridized carbons (Fsp3) is 0.500. The Bertz CT molecular complexity index is 1020. The Balaban J connectivity index is 1.58. The van der Waals surface area contributed by atoms with E-state index in [1.165, 1.54) is 10.9 Å². The van der Waals surface area contributed by atoms with Gasteiger partial charge in [0.15, 0.2) is 5.82 Å². The highest BCUT2D eigenvalue weighted by Gasteiger charge is 2.27. The van der Waals surface area contributed by atoms with Crippen LogP contribution in [0.1, 0.15) is 61.5 Å². The summed E-state index contributed by atoms with van der Waals surface area (Å²) in [6.45, 7) is 9.20. The minimum absolute atomic E-state index is 0.203. The minimum Gasteiger partial charge on any atom is -0.368 e. The summed E-state index contributed by atoms with van der Waals surface area (Å²) >= 11 is 0. The number of fused-ring (bicyclic) bond motifs is 1. The van der Waals surface area contributed by atoms with Crippen LogP contribution in [0.15, 0.2) is 28.8 Å². The standard InChI is InChI=1S/C22H29N5O2/c1-14(2)21-24-22(29-25-21)16-7-6-10-26(11-16)12-18-15(3)27(13-20(23)28)19-9-5-4-8-17(18)19/h4-5,8-9,14,16H,6-7,10-13H2,1-3H3,(H2,23,28)/t16-/m1/s1. The molecule has 1 aliphatic heterocycles. The maximum atomic E-state index is 11.6. The van der Waals surface area contributed by atoms with Crippen LogP contribution in [-0.2, 0) is 17.9 Å². The quantitative estimate of drug-likeness (QED) is 0.691. The molecule has 0 aliphatic carbocycles. The molecular weight excluding hydrogens is 366 g/mol. The number of primary amides is 1. The van der Waals surface area contributed by atoms with Crippen molar-refractivity contribution in [3.8, 4) is 0 Å². The molecular formula is C22H29N5O2. The first-order valence-electron chi connectivity index (χ1n) is 10.3. The van der Waals surface area contributed by atoms with Crippen LogP contribution in [-0.4, -0.2) is 38.6 Å². The highest BCUT2D eigenvalue weighted by Crippen LogP contribution is 2.31. The number of carbonyl (C=O) groups is 1. The molecule has 1 atom stereocenters. The molecule has 7 nitrogen and oxygen atoms in total. The van der Waals surface area contributed by atoms with Gasteiger partial charge in [0.1, 0.15) is 6.54 Å². The molecule has 2 aromatic heterocycles. The number of nitrogens with two attached hydrogens (primary N) is 1. The Hall–Kier alpha value is -2.67. The van der Waals surface area contributed by atoms with Crippen molar-refractivity contribution in [2.45, 2.75) is 58.5 Å². The molecule has 0 radical (unpaired) electrons. The maximum absolute atomic E-state index is 11.6. The van der Waals surface area contributed by atoms with Gasteiger partial charge in [-0.1, -0.05) is 37.2 Å². The van der Waals surface area contributed by atoms with E-state index in [-0.39, 0.29) is 24.3 Å². The zero-order valence-corrected chi connectivity index (χ0v) is 17.4. The number of piperidine rings is 1. The molecule has 2 N–H and O–H groups in total. The molecule has 0 bridgehead atoms. The molecule has 29 heavy (non-hydrogen) atoms. The van der Waals surface area contributed by atoms with Crippen molar-refractivity contribution >= 4 is 16.8 Å². The Morgan fingerprint density at radius 1 is 1.34 bits per heavy atom. The number of para-hydroxylation sites is 1. The first-order chi connectivity index (χ1) is 13.9. The Morgan fingerprint density at radius 3 is 2.86 bits per heavy atom. The third-order valence-corrected chi connectivity index (χ3v) is 5.89. The predicted molar refractivity (Wildman–Crippen MR) is 112 cm³/mol. The van der Waals surface area contributed by atoms with Crippen LogP contribution < -0.4 is 5.73 Å². The first-order valence-corrected chi connectivity index (χ1v) is 10.3. The van der Waals surface area contributed by atoms with Crippen LogP contribution in [0.4, 0.5) is 0 Å². The molecule has 1 aromatic carbocycles. The van der Waals surface area contributed by atoms with Gasteiger partial charge < -0.3 is 14.8 Å². The Labute approximate surface area is 170 Å². The van der Waals surface area contributed by atoms with E-state index in [0.29, 0.717) is 0 Å². The van der Waals surface area contributed by atoms with E-state index in [9.17, 15) is 4.79 Å². The van der Waals surface area contributed by atoms with Gasteiger partial charge in [-0.25, -0.2) is 0 Å². The molecule has 0 spiro atoms. The third kappa shape index (κ3) is 3.92. The van der Waals surface area contributed by atoms with Gasteiger partial charge in [0.25, 0.3) is 0 Å². The van der Waals surface area contributed by atoms with Crippen LogP contribution >= 0.6 is 0 Å². The van der Waals surface area contributed by atoms with Crippen molar-refractivity contribution in [2.24, 2.45) is 5.73 Å². The Morgan fingerprint density at radius 2 is 2.14 bits per heavy atom. The van der Waals surface area contributed by atoms with Gasteiger partial charge in [0.2, 0.25) is 11.8 Å². The van der Waals surface area contributed by atoms with E-state index in [2.05, 4.69) is 47.9 Å². The van der Waals surface area contributed by atoms with E-state index < -0.39 is 0 Å². The molecule has 154 valence electrons. The van der Waals surface area contributed by atoms with Gasteiger partial charge in [0.05, 0.1) is 5.92 Å². The van der Waals surface area contributed by atoms with E-state index in [1.807, 2.05) is 16.7 Å². The predicted octanol–water partition coefficient (Wildman–Crippen LogP) is 3.32. The summed E-state index contributed by atoms with van der Waals surface area (Å²) in [6.07, 6.45) is 2.17. The Kier molecular flexibility index (Phi) is 5.41. The van der Waals surface area contributed by atoms with Crippen molar-refractivity contribution < 1.29 is 9.32 Å². The smallest absolute Gasteiger partial charge is 0.237 e. The lowest BCUT2D eigenvalue weighted by Gasteiger charge is -2.31. The summed E-state index contributed by atoms with van der Waals surface area (Å²) in [7, 11) is 0. The number of likely N-dealkylation sites (tertiary alicyclic amines) is 1. The van der Waals surface area contributed by atoms with Gasteiger partial charge in [-0.3, -0.25) is 9.69 Å². The number of benzene rings is 1. The molecule has 3 heterocycles. The molecule has 1 saturated heterocycles. The second-order valence-corrected chi connectivity index (χ2v) is 8.35. The topological polar surface area (TPSA) is 90.2 Å². The number of carbonyl (C=O) groups excluding carboxylic acids is 1. The van der Waals surface area contributed by atoms with E-state index >= 15 is 0 Å². The van der Waals surface area contributed by atoms with E-state index in [1.54, 1.807) is 0 Å². The van der Waals surface area contributed by atoms with Gasteiger partial charge in [-0.05, 0) is 37.9 Å². The SMILES string of the molecule is Cc1c(CN2CCC[C@@H](c3nc(C(C)C)no3)C2)c2ccccc2n1CC(N)=O. The molecule has 1 amide bonds. The number of nitrogens with zero attached hydrogens (tertiary/aromatic N) is 4. The van der Waals surface area contributed by atoms with Crippen LogP contribution in [0, 0.1) is 6.92 Å². The minimum atomic E-state index is -0.323. The van der Waals surface area contributed by atoms with Crippen LogP contribution in [0.3, 0.4) is 0 Å². The van der Waals surface area contributed by atoms with Crippen LogP contribution in [0.5, 0.6) is 0 Å². The summed E-state index contributed by atoms with van der Waals surface area (Å²) < 4.78 is 7.59. The second kappa shape index (κ2) is 7.99. The molecule has 1 fully saturated rings.